The molecule has 0 aromatic rings. The van der Waals surface area contributed by atoms with E-state index in [0.29, 0.717) is 23.9 Å². The van der Waals surface area contributed by atoms with Crippen LogP contribution in [0, 0.1) is 11.8 Å². The lowest BCUT2D eigenvalue weighted by Crippen LogP contribution is -2.54. The summed E-state index contributed by atoms with van der Waals surface area (Å²) in [6.45, 7) is 9.96. The minimum absolute atomic E-state index is 0.0852. The molecule has 5 heteroatoms. The number of rotatable bonds is 4. The van der Waals surface area contributed by atoms with Crippen LogP contribution in [0.5, 0.6) is 0 Å². The summed E-state index contributed by atoms with van der Waals surface area (Å²) in [5.74, 6) is 1.54. The average molecular weight is 338 g/mol. The number of carbonyl (C=O) groups is 2. The molecule has 2 rings (SSSR count). The van der Waals surface area contributed by atoms with E-state index < -0.39 is 0 Å². The van der Waals surface area contributed by atoms with Crippen molar-refractivity contribution in [1.29, 1.82) is 0 Å². The minimum Gasteiger partial charge on any atom is -0.352 e. The molecule has 1 saturated carbocycles. The Morgan fingerprint density at radius 3 is 2.33 bits per heavy atom. The first-order valence-electron chi connectivity index (χ1n) is 9.59. The van der Waals surface area contributed by atoms with Gasteiger partial charge in [-0.2, -0.15) is 0 Å². The predicted octanol–water partition coefficient (Wildman–Crippen LogP) is 2.26. The Morgan fingerprint density at radius 2 is 1.75 bits per heavy atom. The van der Waals surface area contributed by atoms with Gasteiger partial charge in [0.15, 0.2) is 0 Å². The lowest BCUT2D eigenvalue weighted by atomic mass is 9.78. The van der Waals surface area contributed by atoms with Gasteiger partial charge in [0, 0.05) is 39.1 Å². The van der Waals surface area contributed by atoms with Crippen LogP contribution in [0.3, 0.4) is 0 Å². The normalized spacial score (nSPS) is 30.6. The first kappa shape index (κ1) is 19.2. The van der Waals surface area contributed by atoms with Crippen molar-refractivity contribution in [3.8, 4) is 0 Å². The van der Waals surface area contributed by atoms with Gasteiger partial charge >= 0.3 is 0 Å². The van der Waals surface area contributed by atoms with Gasteiger partial charge in [0.05, 0.1) is 6.04 Å². The van der Waals surface area contributed by atoms with Gasteiger partial charge in [0.25, 0.3) is 0 Å². The molecule has 2 aliphatic rings. The van der Waals surface area contributed by atoms with Crippen LogP contribution in [0.2, 0.25) is 0 Å². The van der Waals surface area contributed by atoms with E-state index in [2.05, 4.69) is 24.1 Å². The SMILES string of the molecule is CC(=O)N(C)C1CCN(C(C)C(=O)NC2CCCC(C)C2C)CC1. The van der Waals surface area contributed by atoms with Crippen LogP contribution in [0.1, 0.15) is 59.8 Å². The minimum atomic E-state index is -0.0852. The largest absolute Gasteiger partial charge is 0.352 e. The van der Waals surface area contributed by atoms with Crippen molar-refractivity contribution in [2.24, 2.45) is 11.8 Å². The van der Waals surface area contributed by atoms with Crippen LogP contribution in [0.15, 0.2) is 0 Å². The molecule has 5 nitrogen and oxygen atoms in total. The van der Waals surface area contributed by atoms with Gasteiger partial charge in [0.1, 0.15) is 0 Å². The molecule has 138 valence electrons. The van der Waals surface area contributed by atoms with Crippen LogP contribution in [0.25, 0.3) is 0 Å². The van der Waals surface area contributed by atoms with E-state index in [1.54, 1.807) is 6.92 Å². The number of nitrogens with zero attached hydrogens (tertiary/aromatic N) is 2. The third kappa shape index (κ3) is 4.50. The average Bonchev–Trinajstić information content (AvgIpc) is 2.57. The van der Waals surface area contributed by atoms with Crippen LogP contribution in [0.4, 0.5) is 0 Å². The first-order chi connectivity index (χ1) is 11.3. The third-order valence-corrected chi connectivity index (χ3v) is 6.51. The van der Waals surface area contributed by atoms with Gasteiger partial charge in [-0.25, -0.2) is 0 Å². The van der Waals surface area contributed by atoms with Crippen molar-refractivity contribution in [3.63, 3.8) is 0 Å². The second-order valence-corrected chi connectivity index (χ2v) is 7.96. The fourth-order valence-corrected chi connectivity index (χ4v) is 4.17. The number of hydrogen-bond donors (Lipinski definition) is 1. The van der Waals surface area contributed by atoms with Crippen LogP contribution in [-0.2, 0) is 9.59 Å². The molecule has 4 atom stereocenters. The monoisotopic (exact) mass is 337 g/mol. The maximum atomic E-state index is 12.7. The van der Waals surface area contributed by atoms with Gasteiger partial charge in [-0.3, -0.25) is 14.5 Å². The highest BCUT2D eigenvalue weighted by molar-refractivity contribution is 5.81. The molecule has 24 heavy (non-hydrogen) atoms. The highest BCUT2D eigenvalue weighted by Crippen LogP contribution is 2.29. The lowest BCUT2D eigenvalue weighted by molar-refractivity contribution is -0.132. The van der Waals surface area contributed by atoms with Crippen molar-refractivity contribution in [2.45, 2.75) is 77.9 Å². The summed E-state index contributed by atoms with van der Waals surface area (Å²) in [6, 6.07) is 0.552. The molecule has 0 radical (unpaired) electrons. The molecule has 1 heterocycles. The Balaban J connectivity index is 1.82. The number of amides is 2. The molecule has 1 N–H and O–H groups in total. The first-order valence-corrected chi connectivity index (χ1v) is 9.59. The molecular weight excluding hydrogens is 302 g/mol. The van der Waals surface area contributed by atoms with Crippen molar-refractivity contribution in [1.82, 2.24) is 15.1 Å². The highest BCUT2D eigenvalue weighted by Gasteiger charge is 2.32. The van der Waals surface area contributed by atoms with E-state index in [1.807, 2.05) is 18.9 Å². The Bertz CT molecular complexity index is 446. The Labute approximate surface area is 147 Å². The summed E-state index contributed by atoms with van der Waals surface area (Å²) >= 11 is 0. The number of piperidine rings is 1. The molecular formula is C19H35N3O2. The molecule has 2 fully saturated rings. The molecule has 1 aliphatic carbocycles. The van der Waals surface area contributed by atoms with Gasteiger partial charge in [-0.05, 0) is 38.0 Å². The summed E-state index contributed by atoms with van der Waals surface area (Å²) in [7, 11) is 1.88. The predicted molar refractivity (Wildman–Crippen MR) is 96.6 cm³/mol. The highest BCUT2D eigenvalue weighted by atomic mass is 16.2. The molecule has 0 aromatic heterocycles. The molecule has 1 saturated heterocycles. The molecule has 0 aromatic carbocycles. The summed E-state index contributed by atoms with van der Waals surface area (Å²) in [5, 5.41) is 3.30. The van der Waals surface area contributed by atoms with Crippen molar-refractivity contribution < 1.29 is 9.59 Å². The summed E-state index contributed by atoms with van der Waals surface area (Å²) in [5.41, 5.74) is 0. The van der Waals surface area contributed by atoms with Gasteiger partial charge in [0.2, 0.25) is 11.8 Å². The maximum absolute atomic E-state index is 12.7. The van der Waals surface area contributed by atoms with E-state index in [-0.39, 0.29) is 17.9 Å². The fourth-order valence-electron chi connectivity index (χ4n) is 4.17. The Hall–Kier alpha value is -1.10. The fraction of sp³-hybridized carbons (Fsp3) is 0.895. The van der Waals surface area contributed by atoms with Crippen LogP contribution >= 0.6 is 0 Å². The number of hydrogen-bond acceptors (Lipinski definition) is 3. The smallest absolute Gasteiger partial charge is 0.237 e. The quantitative estimate of drug-likeness (QED) is 0.856. The second-order valence-electron chi connectivity index (χ2n) is 7.96. The van der Waals surface area contributed by atoms with E-state index in [0.717, 1.165) is 32.4 Å². The number of carbonyl (C=O) groups excluding carboxylic acids is 2. The molecule has 4 unspecified atom stereocenters. The van der Waals surface area contributed by atoms with Gasteiger partial charge in [-0.1, -0.05) is 26.7 Å². The zero-order chi connectivity index (χ0) is 17.9. The molecule has 1 aliphatic heterocycles. The van der Waals surface area contributed by atoms with Gasteiger partial charge in [-0.15, -0.1) is 0 Å². The standard InChI is InChI=1S/C19H35N3O2/c1-13-7-6-8-18(14(13)2)20-19(24)15(3)22-11-9-17(10-12-22)21(5)16(4)23/h13-15,17-18H,6-12H2,1-5H3,(H,20,24). The van der Waals surface area contributed by atoms with Gasteiger partial charge < -0.3 is 10.2 Å². The van der Waals surface area contributed by atoms with E-state index in [1.165, 1.54) is 12.8 Å². The van der Waals surface area contributed by atoms with Crippen molar-refractivity contribution in [2.75, 3.05) is 20.1 Å². The number of nitrogens with one attached hydrogen (secondary N) is 1. The summed E-state index contributed by atoms with van der Waals surface area (Å²) < 4.78 is 0. The molecule has 2 amide bonds. The van der Waals surface area contributed by atoms with E-state index in [4.69, 9.17) is 0 Å². The van der Waals surface area contributed by atoms with Crippen LogP contribution < -0.4 is 5.32 Å². The van der Waals surface area contributed by atoms with Crippen LogP contribution in [-0.4, -0.2) is 59.9 Å². The van der Waals surface area contributed by atoms with Crippen molar-refractivity contribution in [3.05, 3.63) is 0 Å². The Morgan fingerprint density at radius 1 is 1.12 bits per heavy atom. The number of likely N-dealkylation sites (tertiary alicyclic amines) is 1. The molecule has 0 spiro atoms. The zero-order valence-corrected chi connectivity index (χ0v) is 16.0. The Kier molecular flexibility index (Phi) is 6.67. The second kappa shape index (κ2) is 8.32. The zero-order valence-electron chi connectivity index (χ0n) is 16.0. The lowest BCUT2D eigenvalue weighted by Gasteiger charge is -2.40. The van der Waals surface area contributed by atoms with E-state index >= 15 is 0 Å². The topological polar surface area (TPSA) is 52.7 Å². The van der Waals surface area contributed by atoms with Crippen molar-refractivity contribution >= 4 is 11.8 Å². The summed E-state index contributed by atoms with van der Waals surface area (Å²) in [6.07, 6.45) is 5.50. The van der Waals surface area contributed by atoms with E-state index in [9.17, 15) is 9.59 Å². The third-order valence-electron chi connectivity index (χ3n) is 6.51. The maximum Gasteiger partial charge on any atom is 0.237 e. The molecule has 0 bridgehead atoms. The summed E-state index contributed by atoms with van der Waals surface area (Å²) in [4.78, 5) is 28.3.